The van der Waals surface area contributed by atoms with E-state index in [1.165, 1.54) is 83.1 Å². The van der Waals surface area contributed by atoms with Gasteiger partial charge in [-0.15, -0.1) is 0 Å². The van der Waals surface area contributed by atoms with Gasteiger partial charge in [0.25, 0.3) is 0 Å². The maximum Gasteiger partial charge on any atom is 0.0579 e. The summed E-state index contributed by atoms with van der Waals surface area (Å²) in [7, 11) is 0. The molecule has 0 amide bonds. The molecule has 1 aromatic heterocycles. The Morgan fingerprint density at radius 1 is 0.500 bits per heavy atom. The van der Waals surface area contributed by atoms with Crippen LogP contribution in [-0.2, 0) is 19.3 Å². The summed E-state index contributed by atoms with van der Waals surface area (Å²) in [6.07, 6.45) is 3.07. The highest BCUT2D eigenvalue weighted by Gasteiger charge is 2.31. The second-order valence-corrected chi connectivity index (χ2v) is 10.1. The largest absolute Gasteiger partial charge is 0.309 e. The van der Waals surface area contributed by atoms with E-state index in [1.54, 1.807) is 0 Å². The Kier molecular flexibility index (Phi) is 3.00. The van der Waals surface area contributed by atoms with E-state index in [2.05, 4.69) is 95.6 Å². The highest BCUT2D eigenvalue weighted by molar-refractivity contribution is 6.15. The van der Waals surface area contributed by atoms with E-state index >= 15 is 0 Å². The van der Waals surface area contributed by atoms with Crippen molar-refractivity contribution in [2.24, 2.45) is 0 Å². The van der Waals surface area contributed by atoms with Crippen LogP contribution in [0, 0.1) is 0 Å². The molecule has 5 aromatic carbocycles. The number of aromatic nitrogens is 1. The molecule has 0 saturated carbocycles. The van der Waals surface area contributed by atoms with E-state index in [0.29, 0.717) is 0 Å². The Balaban J connectivity index is 1.37. The van der Waals surface area contributed by atoms with E-state index in [-0.39, 0.29) is 0 Å². The fraction of sp³-hybridized carbons (Fsp3) is 0.0909. The van der Waals surface area contributed by atoms with Crippen LogP contribution in [0.4, 0.5) is 0 Å². The number of hydrogen-bond acceptors (Lipinski definition) is 0. The van der Waals surface area contributed by atoms with Gasteiger partial charge in [-0.1, -0.05) is 60.7 Å². The molecule has 1 nitrogen and oxygen atoms in total. The lowest BCUT2D eigenvalue weighted by molar-refractivity contribution is 1.04. The molecule has 0 bridgehead atoms. The lowest BCUT2D eigenvalue weighted by Gasteiger charge is -2.21. The Labute approximate surface area is 197 Å². The van der Waals surface area contributed by atoms with Crippen molar-refractivity contribution in [3.8, 4) is 27.9 Å². The van der Waals surface area contributed by atoms with Gasteiger partial charge in [0.05, 0.1) is 11.0 Å². The third-order valence-electron chi connectivity index (χ3n) is 8.41. The number of hydrogen-bond donors (Lipinski definition) is 0. The molecular formula is C33H21N. The fourth-order valence-corrected chi connectivity index (χ4v) is 7.02. The van der Waals surface area contributed by atoms with E-state index < -0.39 is 0 Å². The smallest absolute Gasteiger partial charge is 0.0579 e. The van der Waals surface area contributed by atoms with E-state index in [1.807, 2.05) is 0 Å². The summed E-state index contributed by atoms with van der Waals surface area (Å²) >= 11 is 0. The first-order valence-corrected chi connectivity index (χ1v) is 12.3. The van der Waals surface area contributed by atoms with Crippen LogP contribution >= 0.6 is 0 Å². The molecule has 158 valence electrons. The minimum absolute atomic E-state index is 1.00. The molecule has 0 atom stereocenters. The predicted octanol–water partition coefficient (Wildman–Crippen LogP) is 7.83. The van der Waals surface area contributed by atoms with Crippen LogP contribution in [0.15, 0.2) is 91.0 Å². The fourth-order valence-electron chi connectivity index (χ4n) is 7.02. The zero-order valence-electron chi connectivity index (χ0n) is 18.7. The van der Waals surface area contributed by atoms with Crippen LogP contribution in [-0.4, -0.2) is 4.57 Å². The van der Waals surface area contributed by atoms with Gasteiger partial charge in [0, 0.05) is 22.9 Å². The molecule has 9 rings (SSSR count). The molecule has 0 unspecified atom stereocenters. The lowest BCUT2D eigenvalue weighted by atomic mass is 9.91. The third-order valence-corrected chi connectivity index (χ3v) is 8.41. The van der Waals surface area contributed by atoms with Gasteiger partial charge in [-0.3, -0.25) is 0 Å². The van der Waals surface area contributed by atoms with Crippen molar-refractivity contribution >= 4 is 21.8 Å². The van der Waals surface area contributed by atoms with Crippen LogP contribution in [0.5, 0.6) is 0 Å². The van der Waals surface area contributed by atoms with Crippen molar-refractivity contribution in [2.75, 3.05) is 0 Å². The Morgan fingerprint density at radius 3 is 2.12 bits per heavy atom. The van der Waals surface area contributed by atoms with Crippen LogP contribution in [0.25, 0.3) is 49.7 Å². The van der Waals surface area contributed by atoms with E-state index in [9.17, 15) is 0 Å². The molecule has 0 N–H and O–H groups in total. The summed E-state index contributed by atoms with van der Waals surface area (Å²) < 4.78 is 2.53. The molecular weight excluding hydrogens is 410 g/mol. The highest BCUT2D eigenvalue weighted by Crippen LogP contribution is 2.50. The summed E-state index contributed by atoms with van der Waals surface area (Å²) in [5.41, 5.74) is 18.7. The standard InChI is InChI=1S/C33H21N/c1-3-9-24-19(7-1)13-21-15-27-22(16-26(21)24)17-29-28(27)18-23-14-20-8-2-5-11-30(20)34-31-12-6-4-10-25(31)32(29)33(23)34/h1-12,15-16,18H,13-14,17H2. The van der Waals surface area contributed by atoms with Gasteiger partial charge < -0.3 is 4.57 Å². The quantitative estimate of drug-likeness (QED) is 0.231. The molecule has 3 aliphatic rings. The first-order chi connectivity index (χ1) is 16.8. The summed E-state index contributed by atoms with van der Waals surface area (Å²) in [5.74, 6) is 0. The summed E-state index contributed by atoms with van der Waals surface area (Å²) in [6, 6.07) is 34.4. The van der Waals surface area contributed by atoms with Crippen molar-refractivity contribution < 1.29 is 0 Å². The van der Waals surface area contributed by atoms with Gasteiger partial charge in [0.1, 0.15) is 0 Å². The molecule has 6 aromatic rings. The molecule has 0 fully saturated rings. The first-order valence-electron chi connectivity index (χ1n) is 12.3. The van der Waals surface area contributed by atoms with Crippen LogP contribution in [0.3, 0.4) is 0 Å². The van der Waals surface area contributed by atoms with Crippen LogP contribution < -0.4 is 0 Å². The number of nitrogens with zero attached hydrogens (tertiary/aromatic N) is 1. The van der Waals surface area contributed by atoms with Crippen molar-refractivity contribution in [1.29, 1.82) is 0 Å². The van der Waals surface area contributed by atoms with Gasteiger partial charge in [-0.25, -0.2) is 0 Å². The minimum Gasteiger partial charge on any atom is -0.309 e. The SMILES string of the molecule is c1ccc2c(c1)Cc1cc3c(cc1-2)Cc1c-3cc2c3c1c1ccccc1n3-c1ccccc1C2. The van der Waals surface area contributed by atoms with Crippen molar-refractivity contribution in [2.45, 2.75) is 19.3 Å². The number of rotatable bonds is 0. The molecule has 2 aliphatic carbocycles. The average molecular weight is 432 g/mol. The van der Waals surface area contributed by atoms with Gasteiger partial charge >= 0.3 is 0 Å². The minimum atomic E-state index is 1.00. The molecule has 0 radical (unpaired) electrons. The van der Waals surface area contributed by atoms with E-state index in [4.69, 9.17) is 0 Å². The topological polar surface area (TPSA) is 4.93 Å². The number of para-hydroxylation sites is 2. The second kappa shape index (κ2) is 5.87. The van der Waals surface area contributed by atoms with Crippen molar-refractivity contribution in [3.63, 3.8) is 0 Å². The molecule has 1 aliphatic heterocycles. The Bertz CT molecular complexity index is 1880. The Morgan fingerprint density at radius 2 is 1.18 bits per heavy atom. The van der Waals surface area contributed by atoms with Gasteiger partial charge in [-0.2, -0.15) is 0 Å². The van der Waals surface area contributed by atoms with Crippen molar-refractivity contribution in [3.05, 3.63) is 124 Å². The molecule has 1 heteroatoms. The van der Waals surface area contributed by atoms with Crippen molar-refractivity contribution in [1.82, 2.24) is 4.57 Å². The normalized spacial score (nSPS) is 14.1. The summed E-state index contributed by atoms with van der Waals surface area (Å²) in [5, 5.41) is 2.85. The van der Waals surface area contributed by atoms with E-state index in [0.717, 1.165) is 19.3 Å². The molecule has 0 spiro atoms. The Hall–Kier alpha value is -4.10. The average Bonchev–Trinajstić information content (AvgIpc) is 3.53. The summed E-state index contributed by atoms with van der Waals surface area (Å²) in [6.45, 7) is 0. The first kappa shape index (κ1) is 17.4. The summed E-state index contributed by atoms with van der Waals surface area (Å²) in [4.78, 5) is 0. The van der Waals surface area contributed by atoms with Crippen LogP contribution in [0.1, 0.15) is 33.4 Å². The zero-order valence-corrected chi connectivity index (χ0v) is 18.7. The molecule has 34 heavy (non-hydrogen) atoms. The lowest BCUT2D eigenvalue weighted by Crippen LogP contribution is -2.08. The number of benzene rings is 5. The predicted molar refractivity (Wildman–Crippen MR) is 140 cm³/mol. The van der Waals surface area contributed by atoms with Gasteiger partial charge in [-0.05, 0) is 98.8 Å². The maximum absolute atomic E-state index is 2.53. The molecule has 0 saturated heterocycles. The number of fused-ring (bicyclic) bond motifs is 12. The molecule has 2 heterocycles. The monoisotopic (exact) mass is 431 g/mol. The zero-order chi connectivity index (χ0) is 22.0. The van der Waals surface area contributed by atoms with Gasteiger partial charge in [0.2, 0.25) is 0 Å². The van der Waals surface area contributed by atoms with Gasteiger partial charge in [0.15, 0.2) is 0 Å². The van der Waals surface area contributed by atoms with Crippen LogP contribution in [0.2, 0.25) is 0 Å². The second-order valence-electron chi connectivity index (χ2n) is 10.1. The maximum atomic E-state index is 2.53. The highest BCUT2D eigenvalue weighted by atomic mass is 15.0. The third kappa shape index (κ3) is 1.98.